The highest BCUT2D eigenvalue weighted by molar-refractivity contribution is 7.10. The molecule has 0 saturated heterocycles. The molecule has 2 aliphatic rings. The molecule has 23 heavy (non-hydrogen) atoms. The van der Waals surface area contributed by atoms with Gasteiger partial charge >= 0.3 is 11.0 Å². The molecule has 2 bridgehead atoms. The molecule has 0 aliphatic carbocycles. The second-order valence-electron chi connectivity index (χ2n) is 5.09. The van der Waals surface area contributed by atoms with E-state index >= 15 is 0 Å². The Labute approximate surface area is 130 Å². The summed E-state index contributed by atoms with van der Waals surface area (Å²) in [4.78, 5) is 11.7. The molecule has 4 heterocycles. The minimum absolute atomic E-state index is 0.181. The molecule has 0 saturated carbocycles. The molecule has 2 N–H and O–H groups in total. The van der Waals surface area contributed by atoms with Crippen LogP contribution in [0.15, 0.2) is 41.3 Å². The Morgan fingerprint density at radius 2 is 1.96 bits per heavy atom. The number of aromatic nitrogens is 3. The molecule has 0 radical (unpaired) electrons. The van der Waals surface area contributed by atoms with Gasteiger partial charge in [-0.3, -0.25) is 9.89 Å². The van der Waals surface area contributed by atoms with Crippen molar-refractivity contribution < 1.29 is 18.3 Å². The molecule has 0 amide bonds. The highest BCUT2D eigenvalue weighted by Crippen LogP contribution is 2.56. The quantitative estimate of drug-likeness (QED) is 0.589. The van der Waals surface area contributed by atoms with Crippen LogP contribution in [0.3, 0.4) is 0 Å². The lowest BCUT2D eigenvalue weighted by molar-refractivity contribution is -0.142. The van der Waals surface area contributed by atoms with Gasteiger partial charge in [-0.25, -0.2) is 4.57 Å². The molecule has 0 spiro atoms. The van der Waals surface area contributed by atoms with Gasteiger partial charge in [0.1, 0.15) is 16.1 Å². The summed E-state index contributed by atoms with van der Waals surface area (Å²) in [6.45, 7) is 0. The number of benzene rings is 1. The van der Waals surface area contributed by atoms with E-state index in [0.717, 1.165) is 22.1 Å². The number of halogens is 3. The summed E-state index contributed by atoms with van der Waals surface area (Å²) in [5.74, 6) is -0.307. The normalized spacial score (nSPS) is 19.6. The van der Waals surface area contributed by atoms with Crippen molar-refractivity contribution in [3.8, 4) is 5.88 Å². The summed E-state index contributed by atoms with van der Waals surface area (Å²) in [7, 11) is 0. The summed E-state index contributed by atoms with van der Waals surface area (Å²) < 4.78 is 40.9. The fraction of sp³-hybridized carbons (Fsp3) is 0.143. The van der Waals surface area contributed by atoms with Gasteiger partial charge in [0.25, 0.3) is 0 Å². The number of H-pyrrole nitrogens is 1. The number of nitrogens with zero attached hydrogens (tertiary/aromatic N) is 2. The number of nitrogens with one attached hydrogen (secondary N) is 1. The second-order valence-corrected chi connectivity index (χ2v) is 6.05. The Balaban J connectivity index is 2.06. The van der Waals surface area contributed by atoms with Crippen LogP contribution in [0.2, 0.25) is 0 Å². The van der Waals surface area contributed by atoms with Crippen molar-refractivity contribution in [3.63, 3.8) is 0 Å². The first-order valence-electron chi connectivity index (χ1n) is 6.50. The number of hydrogen-bond acceptors (Lipinski definition) is 4. The molecule has 9 heteroatoms. The summed E-state index contributed by atoms with van der Waals surface area (Å²) in [6.07, 6.45) is -3.61. The maximum Gasteiger partial charge on any atom is 0.433 e. The van der Waals surface area contributed by atoms with E-state index in [-0.39, 0.29) is 16.3 Å². The third-order valence-corrected chi connectivity index (χ3v) is 4.99. The van der Waals surface area contributed by atoms with E-state index in [1.54, 1.807) is 30.3 Å². The molecule has 5 nitrogen and oxygen atoms in total. The molecule has 1 aromatic carbocycles. The van der Waals surface area contributed by atoms with E-state index in [1.807, 2.05) is 5.10 Å². The molecule has 1 atom stereocenters. The Kier molecular flexibility index (Phi) is 2.60. The van der Waals surface area contributed by atoms with Crippen molar-refractivity contribution in [3.05, 3.63) is 67.9 Å². The molecular formula is C14H8F3N3O2S. The van der Waals surface area contributed by atoms with E-state index in [9.17, 15) is 23.1 Å². The highest BCUT2D eigenvalue weighted by atomic mass is 32.1. The molecular weight excluding hydrogens is 331 g/mol. The van der Waals surface area contributed by atoms with Crippen molar-refractivity contribution in [1.82, 2.24) is 14.8 Å². The monoisotopic (exact) mass is 339 g/mol. The van der Waals surface area contributed by atoms with E-state index in [2.05, 4.69) is 5.10 Å². The van der Waals surface area contributed by atoms with Crippen LogP contribution in [-0.2, 0) is 11.7 Å². The Morgan fingerprint density at radius 3 is 2.48 bits per heavy atom. The number of hydrogen-bond donors (Lipinski definition) is 2. The van der Waals surface area contributed by atoms with Crippen molar-refractivity contribution >= 4 is 11.3 Å². The Bertz CT molecular complexity index is 958. The summed E-state index contributed by atoms with van der Waals surface area (Å²) >= 11 is 0.730. The lowest BCUT2D eigenvalue weighted by Gasteiger charge is -2.39. The second kappa shape index (κ2) is 4.25. The van der Waals surface area contributed by atoms with Gasteiger partial charge in [0.2, 0.25) is 5.88 Å². The van der Waals surface area contributed by atoms with E-state index < -0.39 is 22.3 Å². The molecule has 3 aromatic rings. The minimum Gasteiger partial charge on any atom is -0.493 e. The van der Waals surface area contributed by atoms with Crippen molar-refractivity contribution in [2.24, 2.45) is 0 Å². The zero-order valence-corrected chi connectivity index (χ0v) is 12.1. The van der Waals surface area contributed by atoms with E-state index in [0.29, 0.717) is 5.56 Å². The molecule has 118 valence electrons. The van der Waals surface area contributed by atoms with Gasteiger partial charge < -0.3 is 5.11 Å². The molecule has 5 rings (SSSR count). The van der Waals surface area contributed by atoms with Crippen LogP contribution in [0.1, 0.15) is 21.7 Å². The Hall–Kier alpha value is -2.55. The van der Waals surface area contributed by atoms with Gasteiger partial charge in [0, 0.05) is 5.56 Å². The average Bonchev–Trinajstić information content (AvgIpc) is 3.17. The SMILES string of the molecule is O=c1sc2c(O)n1C2(c1ccccc1)c1cn[nH]c1C(F)(F)F. The van der Waals surface area contributed by atoms with Crippen LogP contribution in [0.5, 0.6) is 5.88 Å². The van der Waals surface area contributed by atoms with E-state index in [1.165, 1.54) is 0 Å². The largest absolute Gasteiger partial charge is 0.493 e. The van der Waals surface area contributed by atoms with Gasteiger partial charge in [-0.15, -0.1) is 0 Å². The summed E-state index contributed by atoms with van der Waals surface area (Å²) in [5, 5.41) is 15.4. The van der Waals surface area contributed by atoms with Crippen molar-refractivity contribution in [2.75, 3.05) is 0 Å². The fourth-order valence-electron chi connectivity index (χ4n) is 3.06. The number of aromatic hydroxyl groups is 1. The van der Waals surface area contributed by atoms with Crippen LogP contribution in [-0.4, -0.2) is 19.9 Å². The first-order valence-corrected chi connectivity index (χ1v) is 7.32. The van der Waals surface area contributed by atoms with Gasteiger partial charge in [-0.05, 0) is 5.56 Å². The lowest BCUT2D eigenvalue weighted by atomic mass is 9.77. The first kappa shape index (κ1) is 14.1. The standard InChI is InChI=1S/C14H8F3N3O2S/c15-14(16,17)9-8(6-18-19-9)13(7-4-2-1-3-5-7)10-11(21)20(13)12(22)23-10/h1-6,21H,(H,18,19). The summed E-state index contributed by atoms with van der Waals surface area (Å²) in [5.41, 5.74) is -2.27. The predicted octanol–water partition coefficient (Wildman–Crippen LogP) is 2.51. The molecule has 2 aliphatic heterocycles. The summed E-state index contributed by atoms with van der Waals surface area (Å²) in [6, 6.07) is 8.28. The van der Waals surface area contributed by atoms with Crippen LogP contribution in [0, 0.1) is 0 Å². The fourth-order valence-corrected chi connectivity index (χ4v) is 4.20. The van der Waals surface area contributed by atoms with Crippen LogP contribution >= 0.6 is 11.3 Å². The number of fused-ring (bicyclic) bond motifs is 1. The minimum atomic E-state index is -4.66. The lowest BCUT2D eigenvalue weighted by Crippen LogP contribution is -2.45. The maximum atomic E-state index is 13.3. The molecule has 2 aromatic heterocycles. The number of thiazole rings is 1. The van der Waals surface area contributed by atoms with Gasteiger partial charge in [-0.1, -0.05) is 41.7 Å². The van der Waals surface area contributed by atoms with E-state index in [4.69, 9.17) is 0 Å². The zero-order chi connectivity index (χ0) is 16.4. The van der Waals surface area contributed by atoms with Gasteiger partial charge in [0.05, 0.1) is 6.20 Å². The topological polar surface area (TPSA) is 70.9 Å². The highest BCUT2D eigenvalue weighted by Gasteiger charge is 2.58. The first-order chi connectivity index (χ1) is 10.9. The van der Waals surface area contributed by atoms with Gasteiger partial charge in [0.15, 0.2) is 0 Å². The number of alkyl halides is 3. The zero-order valence-electron chi connectivity index (χ0n) is 11.3. The molecule has 1 unspecified atom stereocenters. The molecule has 0 fully saturated rings. The average molecular weight is 339 g/mol. The smallest absolute Gasteiger partial charge is 0.433 e. The number of rotatable bonds is 2. The third kappa shape index (κ3) is 1.57. The third-order valence-electron chi connectivity index (χ3n) is 3.96. The van der Waals surface area contributed by atoms with Crippen molar-refractivity contribution in [1.29, 1.82) is 0 Å². The van der Waals surface area contributed by atoms with Crippen LogP contribution in [0.25, 0.3) is 0 Å². The van der Waals surface area contributed by atoms with Crippen LogP contribution < -0.4 is 4.87 Å². The predicted molar refractivity (Wildman–Crippen MR) is 75.6 cm³/mol. The maximum absolute atomic E-state index is 13.3. The van der Waals surface area contributed by atoms with Crippen LogP contribution in [0.4, 0.5) is 13.2 Å². The van der Waals surface area contributed by atoms with Crippen molar-refractivity contribution in [2.45, 2.75) is 11.7 Å². The van der Waals surface area contributed by atoms with Gasteiger partial charge in [-0.2, -0.15) is 18.3 Å². The Morgan fingerprint density at radius 1 is 1.26 bits per heavy atom. The number of aromatic amines is 1.